The molecule has 0 radical (unpaired) electrons. The highest BCUT2D eigenvalue weighted by atomic mass is 79.9. The van der Waals surface area contributed by atoms with Crippen LogP contribution in [0.5, 0.6) is 0 Å². The van der Waals surface area contributed by atoms with Crippen LogP contribution in [-0.4, -0.2) is 23.4 Å². The second kappa shape index (κ2) is 6.53. The summed E-state index contributed by atoms with van der Waals surface area (Å²) in [6, 6.07) is 16.0. The molecule has 0 atom stereocenters. The van der Waals surface area contributed by atoms with Gasteiger partial charge >= 0.3 is 0 Å². The molecule has 3 heteroatoms. The van der Waals surface area contributed by atoms with E-state index in [4.69, 9.17) is 0 Å². The van der Waals surface area contributed by atoms with Crippen LogP contribution < -0.4 is 0 Å². The van der Waals surface area contributed by atoms with Crippen molar-refractivity contribution in [1.82, 2.24) is 0 Å². The van der Waals surface area contributed by atoms with Crippen molar-refractivity contribution in [3.8, 4) is 0 Å². The Morgan fingerprint density at radius 3 is 1.95 bits per heavy atom. The lowest BCUT2D eigenvalue weighted by Gasteiger charge is -2.30. The largest absolute Gasteiger partial charge is 0.395 e. The quantitative estimate of drug-likeness (QED) is 0.881. The molecule has 20 heavy (non-hydrogen) atoms. The molecule has 0 aliphatic rings. The molecule has 0 saturated heterocycles. The summed E-state index contributed by atoms with van der Waals surface area (Å²) in [5, 5.41) is 19.7. The van der Waals surface area contributed by atoms with Crippen molar-refractivity contribution >= 4 is 15.9 Å². The third-order valence-electron chi connectivity index (χ3n) is 3.73. The highest BCUT2D eigenvalue weighted by Crippen LogP contribution is 2.29. The van der Waals surface area contributed by atoms with Crippen LogP contribution >= 0.6 is 15.9 Å². The summed E-state index contributed by atoms with van der Waals surface area (Å²) in [6.07, 6.45) is 0.607. The maximum atomic E-state index is 9.85. The summed E-state index contributed by atoms with van der Waals surface area (Å²) in [7, 11) is 0. The molecule has 0 aliphatic heterocycles. The predicted octanol–water partition coefficient (Wildman–Crippen LogP) is 3.22. The molecule has 2 nitrogen and oxygen atoms in total. The SMILES string of the molecule is Cc1ccc(C(CO)(CO)Cc2ccc(Br)cc2)cc1. The number of aliphatic hydroxyl groups excluding tert-OH is 2. The molecule has 0 saturated carbocycles. The molecule has 0 heterocycles. The second-order valence-corrected chi connectivity index (χ2v) is 6.18. The second-order valence-electron chi connectivity index (χ2n) is 5.27. The van der Waals surface area contributed by atoms with E-state index in [-0.39, 0.29) is 13.2 Å². The molecule has 0 spiro atoms. The lowest BCUT2D eigenvalue weighted by molar-refractivity contribution is 0.116. The molecule has 0 unspecified atom stereocenters. The maximum Gasteiger partial charge on any atom is 0.0553 e. The van der Waals surface area contributed by atoms with Crippen LogP contribution in [0.1, 0.15) is 16.7 Å². The van der Waals surface area contributed by atoms with Crippen molar-refractivity contribution in [2.24, 2.45) is 0 Å². The molecular weight excluding hydrogens is 316 g/mol. The zero-order valence-corrected chi connectivity index (χ0v) is 13.1. The van der Waals surface area contributed by atoms with Gasteiger partial charge in [-0.05, 0) is 36.6 Å². The number of hydrogen-bond donors (Lipinski definition) is 2. The summed E-state index contributed by atoms with van der Waals surface area (Å²) in [4.78, 5) is 0. The van der Waals surface area contributed by atoms with E-state index in [0.29, 0.717) is 6.42 Å². The predicted molar refractivity (Wildman–Crippen MR) is 84.9 cm³/mol. The van der Waals surface area contributed by atoms with E-state index in [1.807, 2.05) is 55.5 Å². The molecule has 0 fully saturated rings. The first kappa shape index (κ1) is 15.2. The van der Waals surface area contributed by atoms with Gasteiger partial charge in [-0.3, -0.25) is 0 Å². The summed E-state index contributed by atoms with van der Waals surface area (Å²) in [5.41, 5.74) is 2.59. The zero-order valence-electron chi connectivity index (χ0n) is 11.5. The van der Waals surface area contributed by atoms with Crippen LogP contribution in [0, 0.1) is 6.92 Å². The highest BCUT2D eigenvalue weighted by Gasteiger charge is 2.31. The molecule has 2 aromatic carbocycles. The Morgan fingerprint density at radius 2 is 1.45 bits per heavy atom. The minimum Gasteiger partial charge on any atom is -0.395 e. The number of hydrogen-bond acceptors (Lipinski definition) is 2. The van der Waals surface area contributed by atoms with Gasteiger partial charge in [0, 0.05) is 9.89 Å². The fourth-order valence-electron chi connectivity index (χ4n) is 2.35. The topological polar surface area (TPSA) is 40.5 Å². The zero-order chi connectivity index (χ0) is 14.6. The van der Waals surface area contributed by atoms with Gasteiger partial charge in [0.25, 0.3) is 0 Å². The van der Waals surface area contributed by atoms with E-state index in [9.17, 15) is 10.2 Å². The first-order valence-corrected chi connectivity index (χ1v) is 7.42. The molecule has 2 aromatic rings. The molecule has 0 aliphatic carbocycles. The molecule has 106 valence electrons. The van der Waals surface area contributed by atoms with E-state index in [1.165, 1.54) is 5.56 Å². The van der Waals surface area contributed by atoms with E-state index in [1.54, 1.807) is 0 Å². The Kier molecular flexibility index (Phi) is 4.97. The van der Waals surface area contributed by atoms with E-state index in [0.717, 1.165) is 15.6 Å². The van der Waals surface area contributed by atoms with Crippen LogP contribution in [0.15, 0.2) is 53.0 Å². The van der Waals surface area contributed by atoms with Crippen LogP contribution in [0.3, 0.4) is 0 Å². The lowest BCUT2D eigenvalue weighted by Crippen LogP contribution is -2.37. The molecule has 2 N–H and O–H groups in total. The van der Waals surface area contributed by atoms with Crippen molar-refractivity contribution in [2.45, 2.75) is 18.8 Å². The van der Waals surface area contributed by atoms with Gasteiger partial charge in [0.15, 0.2) is 0 Å². The van der Waals surface area contributed by atoms with Gasteiger partial charge in [-0.1, -0.05) is 57.9 Å². The van der Waals surface area contributed by atoms with Crippen LogP contribution in [-0.2, 0) is 11.8 Å². The summed E-state index contributed by atoms with van der Waals surface area (Å²) in [6.45, 7) is 1.86. The van der Waals surface area contributed by atoms with E-state index >= 15 is 0 Å². The first-order valence-electron chi connectivity index (χ1n) is 6.63. The van der Waals surface area contributed by atoms with Gasteiger partial charge in [0.05, 0.1) is 13.2 Å². The van der Waals surface area contributed by atoms with Crippen molar-refractivity contribution in [3.63, 3.8) is 0 Å². The van der Waals surface area contributed by atoms with Gasteiger partial charge in [-0.25, -0.2) is 0 Å². The summed E-state index contributed by atoms with van der Waals surface area (Å²) in [5.74, 6) is 0. The fourth-order valence-corrected chi connectivity index (χ4v) is 2.61. The van der Waals surface area contributed by atoms with Crippen LogP contribution in [0.4, 0.5) is 0 Å². The Hall–Kier alpha value is -1.16. The minimum atomic E-state index is -0.637. The average Bonchev–Trinajstić information content (AvgIpc) is 2.48. The fraction of sp³-hybridized carbons (Fsp3) is 0.294. The molecule has 0 amide bonds. The number of aryl methyl sites for hydroxylation is 1. The molecule has 0 aromatic heterocycles. The Balaban J connectivity index is 2.33. The van der Waals surface area contributed by atoms with Crippen molar-refractivity contribution in [3.05, 3.63) is 69.7 Å². The number of benzene rings is 2. The van der Waals surface area contributed by atoms with Crippen molar-refractivity contribution in [1.29, 1.82) is 0 Å². The Morgan fingerprint density at radius 1 is 0.900 bits per heavy atom. The smallest absolute Gasteiger partial charge is 0.0553 e. The maximum absolute atomic E-state index is 9.85. The van der Waals surface area contributed by atoms with Crippen LogP contribution in [0.2, 0.25) is 0 Å². The molecule has 0 bridgehead atoms. The minimum absolute atomic E-state index is 0.0807. The summed E-state index contributed by atoms with van der Waals surface area (Å²) < 4.78 is 1.02. The first-order chi connectivity index (χ1) is 9.59. The Labute approximate surface area is 128 Å². The van der Waals surface area contributed by atoms with Gasteiger partial charge in [-0.2, -0.15) is 0 Å². The lowest BCUT2D eigenvalue weighted by atomic mass is 9.76. The highest BCUT2D eigenvalue weighted by molar-refractivity contribution is 9.10. The monoisotopic (exact) mass is 334 g/mol. The third kappa shape index (κ3) is 3.29. The van der Waals surface area contributed by atoms with Crippen molar-refractivity contribution < 1.29 is 10.2 Å². The number of halogens is 1. The number of aliphatic hydroxyl groups is 2. The van der Waals surface area contributed by atoms with Crippen molar-refractivity contribution in [2.75, 3.05) is 13.2 Å². The standard InChI is InChI=1S/C17H19BrO2/c1-13-2-6-15(7-3-13)17(11-19,12-20)10-14-4-8-16(18)9-5-14/h2-9,19-20H,10-12H2,1H3. The van der Waals surface area contributed by atoms with Gasteiger partial charge in [-0.15, -0.1) is 0 Å². The van der Waals surface area contributed by atoms with Gasteiger partial charge in [0.1, 0.15) is 0 Å². The third-order valence-corrected chi connectivity index (χ3v) is 4.25. The van der Waals surface area contributed by atoms with E-state index in [2.05, 4.69) is 15.9 Å². The normalized spacial score (nSPS) is 11.6. The Bertz CT molecular complexity index is 542. The molecule has 2 rings (SSSR count). The van der Waals surface area contributed by atoms with Gasteiger partial charge in [0.2, 0.25) is 0 Å². The van der Waals surface area contributed by atoms with Crippen LogP contribution in [0.25, 0.3) is 0 Å². The average molecular weight is 335 g/mol. The van der Waals surface area contributed by atoms with Gasteiger partial charge < -0.3 is 10.2 Å². The number of rotatable bonds is 5. The summed E-state index contributed by atoms with van der Waals surface area (Å²) >= 11 is 3.41. The molecular formula is C17H19BrO2. The van der Waals surface area contributed by atoms with E-state index < -0.39 is 5.41 Å².